The molecule has 3 aromatic carbocycles. The SMILES string of the molecule is COc1cccc(-c2nnc(SCc3ccc(C(=O)NC4CC4)cc3)n2-c2ccccc2C)c1. The summed E-state index contributed by atoms with van der Waals surface area (Å²) >= 11 is 1.62. The van der Waals surface area contributed by atoms with Gasteiger partial charge in [-0.15, -0.1) is 10.2 Å². The van der Waals surface area contributed by atoms with Crippen LogP contribution < -0.4 is 10.1 Å². The number of carbonyl (C=O) groups is 1. The highest BCUT2D eigenvalue weighted by Gasteiger charge is 2.23. The topological polar surface area (TPSA) is 69.0 Å². The summed E-state index contributed by atoms with van der Waals surface area (Å²) in [5, 5.41) is 12.9. The van der Waals surface area contributed by atoms with Crippen LogP contribution in [-0.4, -0.2) is 33.8 Å². The zero-order valence-electron chi connectivity index (χ0n) is 19.2. The van der Waals surface area contributed by atoms with Crippen LogP contribution in [0, 0.1) is 6.92 Å². The average Bonchev–Trinajstić information content (AvgIpc) is 3.59. The molecule has 0 bridgehead atoms. The minimum Gasteiger partial charge on any atom is -0.497 e. The minimum atomic E-state index is 0.00364. The lowest BCUT2D eigenvalue weighted by atomic mass is 10.1. The van der Waals surface area contributed by atoms with E-state index in [4.69, 9.17) is 4.74 Å². The first-order chi connectivity index (χ1) is 16.6. The molecule has 0 aliphatic heterocycles. The molecule has 172 valence electrons. The van der Waals surface area contributed by atoms with Gasteiger partial charge >= 0.3 is 0 Å². The Hall–Kier alpha value is -3.58. The molecule has 1 amide bonds. The number of rotatable bonds is 8. The summed E-state index contributed by atoms with van der Waals surface area (Å²) in [6.45, 7) is 2.09. The number of thioether (sulfide) groups is 1. The maximum atomic E-state index is 12.3. The van der Waals surface area contributed by atoms with Gasteiger partial charge in [0.25, 0.3) is 5.91 Å². The van der Waals surface area contributed by atoms with E-state index in [1.165, 1.54) is 0 Å². The maximum Gasteiger partial charge on any atom is 0.251 e. The van der Waals surface area contributed by atoms with Crippen molar-refractivity contribution in [2.45, 2.75) is 36.7 Å². The number of nitrogens with zero attached hydrogens (tertiary/aromatic N) is 3. The van der Waals surface area contributed by atoms with Gasteiger partial charge < -0.3 is 10.1 Å². The van der Waals surface area contributed by atoms with Crippen molar-refractivity contribution < 1.29 is 9.53 Å². The van der Waals surface area contributed by atoms with Crippen molar-refractivity contribution in [1.29, 1.82) is 0 Å². The van der Waals surface area contributed by atoms with Crippen LogP contribution in [0.25, 0.3) is 17.1 Å². The summed E-state index contributed by atoms with van der Waals surface area (Å²) in [6.07, 6.45) is 2.17. The van der Waals surface area contributed by atoms with Gasteiger partial charge in [-0.05, 0) is 61.2 Å². The van der Waals surface area contributed by atoms with Gasteiger partial charge in [-0.25, -0.2) is 0 Å². The van der Waals surface area contributed by atoms with Crippen molar-refractivity contribution in [3.8, 4) is 22.8 Å². The van der Waals surface area contributed by atoms with Crippen molar-refractivity contribution in [3.05, 3.63) is 89.5 Å². The Bertz CT molecular complexity index is 1310. The molecule has 1 aromatic heterocycles. The van der Waals surface area contributed by atoms with Crippen LogP contribution in [0.4, 0.5) is 0 Å². The van der Waals surface area contributed by atoms with Crippen LogP contribution in [0.1, 0.15) is 34.3 Å². The minimum absolute atomic E-state index is 0.00364. The zero-order valence-corrected chi connectivity index (χ0v) is 20.0. The number of hydrogen-bond donors (Lipinski definition) is 1. The summed E-state index contributed by atoms with van der Waals surface area (Å²) < 4.78 is 7.52. The summed E-state index contributed by atoms with van der Waals surface area (Å²) in [5.74, 6) is 2.26. The molecule has 34 heavy (non-hydrogen) atoms. The van der Waals surface area contributed by atoms with Crippen molar-refractivity contribution in [3.63, 3.8) is 0 Å². The van der Waals surface area contributed by atoms with Crippen LogP contribution in [0.15, 0.2) is 78.0 Å². The molecule has 1 saturated carbocycles. The predicted molar refractivity (Wildman–Crippen MR) is 135 cm³/mol. The van der Waals surface area contributed by atoms with E-state index >= 15 is 0 Å². The van der Waals surface area contributed by atoms with Gasteiger partial charge in [-0.2, -0.15) is 0 Å². The highest BCUT2D eigenvalue weighted by molar-refractivity contribution is 7.98. The van der Waals surface area contributed by atoms with E-state index in [0.717, 1.165) is 51.9 Å². The number of aromatic nitrogens is 3. The zero-order chi connectivity index (χ0) is 23.5. The smallest absolute Gasteiger partial charge is 0.251 e. The molecular weight excluding hydrogens is 444 g/mol. The number of benzene rings is 3. The number of carbonyl (C=O) groups excluding carboxylic acids is 1. The predicted octanol–water partition coefficient (Wildman–Crippen LogP) is 5.44. The molecule has 4 aromatic rings. The van der Waals surface area contributed by atoms with Crippen LogP contribution in [0.2, 0.25) is 0 Å². The summed E-state index contributed by atoms with van der Waals surface area (Å²) in [7, 11) is 1.66. The molecule has 7 heteroatoms. The Labute approximate surface area is 203 Å². The monoisotopic (exact) mass is 470 g/mol. The molecule has 1 aliphatic carbocycles. The number of amides is 1. The second kappa shape index (κ2) is 9.73. The second-order valence-electron chi connectivity index (χ2n) is 8.39. The van der Waals surface area contributed by atoms with Gasteiger partial charge in [0.2, 0.25) is 0 Å². The molecule has 1 fully saturated rings. The number of hydrogen-bond acceptors (Lipinski definition) is 5. The van der Waals surface area contributed by atoms with Gasteiger partial charge in [0, 0.05) is 22.9 Å². The Balaban J connectivity index is 1.42. The number of methoxy groups -OCH3 is 1. The van der Waals surface area contributed by atoms with E-state index < -0.39 is 0 Å². The molecule has 0 radical (unpaired) electrons. The maximum absolute atomic E-state index is 12.3. The average molecular weight is 471 g/mol. The molecule has 0 saturated heterocycles. The third-order valence-corrected chi connectivity index (χ3v) is 6.81. The molecule has 0 atom stereocenters. The molecule has 1 N–H and O–H groups in total. The van der Waals surface area contributed by atoms with E-state index in [1.807, 2.05) is 60.7 Å². The number of nitrogens with one attached hydrogen (secondary N) is 1. The lowest BCUT2D eigenvalue weighted by Crippen LogP contribution is -2.25. The lowest BCUT2D eigenvalue weighted by molar-refractivity contribution is 0.0951. The fourth-order valence-electron chi connectivity index (χ4n) is 3.74. The molecular formula is C27H26N4O2S. The molecule has 0 spiro atoms. The van der Waals surface area contributed by atoms with E-state index in [0.29, 0.717) is 17.4 Å². The van der Waals surface area contributed by atoms with Crippen LogP contribution in [-0.2, 0) is 5.75 Å². The Morgan fingerprint density at radius 2 is 1.85 bits per heavy atom. The van der Waals surface area contributed by atoms with Crippen LogP contribution in [0.3, 0.4) is 0 Å². The van der Waals surface area contributed by atoms with E-state index in [2.05, 4.69) is 39.1 Å². The fraction of sp³-hybridized carbons (Fsp3) is 0.222. The molecule has 1 aliphatic rings. The van der Waals surface area contributed by atoms with Gasteiger partial charge in [0.1, 0.15) is 5.75 Å². The third kappa shape index (κ3) is 4.84. The number of para-hydroxylation sites is 1. The largest absolute Gasteiger partial charge is 0.497 e. The molecule has 1 heterocycles. The Morgan fingerprint density at radius 1 is 1.06 bits per heavy atom. The first-order valence-electron chi connectivity index (χ1n) is 11.3. The van der Waals surface area contributed by atoms with Gasteiger partial charge in [-0.1, -0.05) is 54.2 Å². The van der Waals surface area contributed by atoms with Crippen molar-refractivity contribution in [2.24, 2.45) is 0 Å². The van der Waals surface area contributed by atoms with Crippen molar-refractivity contribution in [1.82, 2.24) is 20.1 Å². The Kier molecular flexibility index (Phi) is 6.36. The summed E-state index contributed by atoms with van der Waals surface area (Å²) in [6, 6.07) is 24.2. The second-order valence-corrected chi connectivity index (χ2v) is 9.34. The van der Waals surface area contributed by atoms with Gasteiger partial charge in [0.15, 0.2) is 11.0 Å². The fourth-order valence-corrected chi connectivity index (χ4v) is 4.64. The van der Waals surface area contributed by atoms with Crippen molar-refractivity contribution in [2.75, 3.05) is 7.11 Å². The highest BCUT2D eigenvalue weighted by Crippen LogP contribution is 2.32. The third-order valence-electron chi connectivity index (χ3n) is 5.81. The van der Waals surface area contributed by atoms with E-state index in [-0.39, 0.29) is 5.91 Å². The van der Waals surface area contributed by atoms with Crippen molar-refractivity contribution >= 4 is 17.7 Å². The first kappa shape index (κ1) is 22.2. The van der Waals surface area contributed by atoms with Crippen LogP contribution >= 0.6 is 11.8 Å². The Morgan fingerprint density at radius 3 is 2.59 bits per heavy atom. The molecule has 6 nitrogen and oxygen atoms in total. The normalized spacial score (nSPS) is 13.0. The lowest BCUT2D eigenvalue weighted by Gasteiger charge is -2.13. The first-order valence-corrected chi connectivity index (χ1v) is 12.3. The summed E-state index contributed by atoms with van der Waals surface area (Å²) in [4.78, 5) is 12.3. The quantitative estimate of drug-likeness (QED) is 0.348. The summed E-state index contributed by atoms with van der Waals surface area (Å²) in [5.41, 5.74) is 4.94. The van der Waals surface area contributed by atoms with E-state index in [9.17, 15) is 4.79 Å². The number of ether oxygens (including phenoxy) is 1. The van der Waals surface area contributed by atoms with Gasteiger partial charge in [-0.3, -0.25) is 9.36 Å². The molecule has 0 unspecified atom stereocenters. The standard InChI is InChI=1S/C27H26N4O2S/c1-18-6-3-4-9-24(18)31-25(21-7-5-8-23(16-21)33-2)29-30-27(31)34-17-19-10-12-20(13-11-19)26(32)28-22-14-15-22/h3-13,16,22H,14-15,17H2,1-2H3,(H,28,32). The van der Waals surface area contributed by atoms with Crippen LogP contribution in [0.5, 0.6) is 5.75 Å². The van der Waals surface area contributed by atoms with E-state index in [1.54, 1.807) is 18.9 Å². The highest BCUT2D eigenvalue weighted by atomic mass is 32.2. The van der Waals surface area contributed by atoms with Gasteiger partial charge in [0.05, 0.1) is 12.8 Å². The number of aryl methyl sites for hydroxylation is 1. The molecule has 5 rings (SSSR count).